The van der Waals surface area contributed by atoms with Crippen LogP contribution >= 0.6 is 11.8 Å². The molecule has 1 heterocycles. The van der Waals surface area contributed by atoms with Gasteiger partial charge in [-0.05, 0) is 24.2 Å². The monoisotopic (exact) mass is 268 g/mol. The van der Waals surface area contributed by atoms with Gasteiger partial charge in [0.25, 0.3) is 0 Å². The third-order valence-electron chi connectivity index (χ3n) is 4.68. The Balaban J connectivity index is 1.79. The van der Waals surface area contributed by atoms with Gasteiger partial charge in [-0.15, -0.1) is 0 Å². The van der Waals surface area contributed by atoms with Crippen molar-refractivity contribution >= 4 is 16.9 Å². The minimum atomic E-state index is 0.559. The van der Waals surface area contributed by atoms with Crippen LogP contribution < -0.4 is 5.32 Å². The lowest BCUT2D eigenvalue weighted by molar-refractivity contribution is 0.232. The van der Waals surface area contributed by atoms with Gasteiger partial charge in [0.1, 0.15) is 0 Å². The van der Waals surface area contributed by atoms with Crippen molar-refractivity contribution in [3.05, 3.63) is 0 Å². The van der Waals surface area contributed by atoms with Gasteiger partial charge in [-0.2, -0.15) is 0 Å². The molecule has 18 heavy (non-hydrogen) atoms. The molecule has 3 heteroatoms. The highest BCUT2D eigenvalue weighted by Gasteiger charge is 2.34. The van der Waals surface area contributed by atoms with Crippen LogP contribution in [0.15, 0.2) is 4.99 Å². The minimum Gasteiger partial charge on any atom is -0.365 e. The predicted octanol–water partition coefficient (Wildman–Crippen LogP) is 4.07. The summed E-state index contributed by atoms with van der Waals surface area (Å²) >= 11 is 1.97. The van der Waals surface area contributed by atoms with E-state index >= 15 is 0 Å². The summed E-state index contributed by atoms with van der Waals surface area (Å²) in [5.41, 5.74) is 0.559. The molecule has 2 rings (SSSR count). The van der Waals surface area contributed by atoms with E-state index in [2.05, 4.69) is 19.2 Å². The number of aliphatic imine (C=N–C) groups is 1. The van der Waals surface area contributed by atoms with Gasteiger partial charge in [0.2, 0.25) is 0 Å². The third-order valence-corrected chi connectivity index (χ3v) is 5.99. The average molecular weight is 268 g/mol. The Morgan fingerprint density at radius 2 is 1.94 bits per heavy atom. The van der Waals surface area contributed by atoms with E-state index in [1.807, 2.05) is 11.8 Å². The first-order valence-electron chi connectivity index (χ1n) is 7.69. The van der Waals surface area contributed by atoms with Crippen molar-refractivity contribution < 1.29 is 0 Å². The maximum atomic E-state index is 4.82. The molecule has 1 fully saturated rings. The molecule has 1 N–H and O–H groups in total. The molecule has 0 bridgehead atoms. The van der Waals surface area contributed by atoms with Crippen molar-refractivity contribution in [1.82, 2.24) is 5.32 Å². The molecule has 0 atom stereocenters. The summed E-state index contributed by atoms with van der Waals surface area (Å²) in [7, 11) is 0. The fourth-order valence-electron chi connectivity index (χ4n) is 3.07. The summed E-state index contributed by atoms with van der Waals surface area (Å²) in [6.45, 7) is 6.74. The van der Waals surface area contributed by atoms with Crippen molar-refractivity contribution in [2.45, 2.75) is 58.8 Å². The van der Waals surface area contributed by atoms with Gasteiger partial charge in [-0.25, -0.2) is 0 Å². The van der Waals surface area contributed by atoms with Crippen LogP contribution in [0.4, 0.5) is 0 Å². The molecule has 1 saturated carbocycles. The Labute approximate surface area is 116 Å². The average Bonchev–Trinajstić information content (AvgIpc) is 2.43. The summed E-state index contributed by atoms with van der Waals surface area (Å²) in [6.07, 6.45) is 9.64. The van der Waals surface area contributed by atoms with E-state index in [-0.39, 0.29) is 0 Å². The fourth-order valence-corrected chi connectivity index (χ4v) is 4.24. The predicted molar refractivity (Wildman–Crippen MR) is 82.4 cm³/mol. The van der Waals surface area contributed by atoms with E-state index in [1.54, 1.807) is 0 Å². The zero-order valence-corrected chi connectivity index (χ0v) is 12.8. The zero-order chi connectivity index (χ0) is 12.8. The van der Waals surface area contributed by atoms with Crippen LogP contribution in [-0.4, -0.2) is 24.0 Å². The van der Waals surface area contributed by atoms with Crippen LogP contribution in [0.25, 0.3) is 0 Å². The van der Waals surface area contributed by atoms with Crippen molar-refractivity contribution in [3.63, 3.8) is 0 Å². The van der Waals surface area contributed by atoms with Gasteiger partial charge in [-0.3, -0.25) is 4.99 Å². The number of nitrogens with one attached hydrogen (secondary N) is 1. The molecule has 1 aliphatic carbocycles. The van der Waals surface area contributed by atoms with Crippen molar-refractivity contribution in [2.24, 2.45) is 16.3 Å². The quantitative estimate of drug-likeness (QED) is 0.831. The standard InChI is InChI=1S/C15H28N2S/c1-3-13(4-2)10-16-14-17-11-15(12-18-14)8-6-5-7-9-15/h13H,3-12H2,1-2H3,(H,16,17). The van der Waals surface area contributed by atoms with Gasteiger partial charge < -0.3 is 5.32 Å². The van der Waals surface area contributed by atoms with Gasteiger partial charge in [0, 0.05) is 18.8 Å². The van der Waals surface area contributed by atoms with Crippen LogP contribution in [0.3, 0.4) is 0 Å². The molecule has 0 amide bonds. The molecule has 2 nitrogen and oxygen atoms in total. The Morgan fingerprint density at radius 3 is 2.50 bits per heavy atom. The van der Waals surface area contributed by atoms with Crippen LogP contribution in [0.1, 0.15) is 58.8 Å². The number of thioether (sulfide) groups is 1. The number of amidine groups is 1. The Kier molecular flexibility index (Phi) is 5.40. The highest BCUT2D eigenvalue weighted by molar-refractivity contribution is 8.13. The van der Waals surface area contributed by atoms with E-state index in [1.165, 1.54) is 55.9 Å². The van der Waals surface area contributed by atoms with Crippen LogP contribution in [0.5, 0.6) is 0 Å². The first-order valence-corrected chi connectivity index (χ1v) is 8.67. The minimum absolute atomic E-state index is 0.559. The fraction of sp³-hybridized carbons (Fsp3) is 0.933. The molecule has 0 aromatic rings. The number of nitrogens with zero attached hydrogens (tertiary/aromatic N) is 1. The van der Waals surface area contributed by atoms with E-state index in [9.17, 15) is 0 Å². The molecule has 104 valence electrons. The van der Waals surface area contributed by atoms with Crippen molar-refractivity contribution in [3.8, 4) is 0 Å². The largest absolute Gasteiger partial charge is 0.365 e. The first kappa shape index (κ1) is 14.2. The summed E-state index contributed by atoms with van der Waals surface area (Å²) in [5.74, 6) is 2.10. The van der Waals surface area contributed by atoms with Gasteiger partial charge in [0.15, 0.2) is 5.17 Å². The molecule has 2 aliphatic rings. The molecule has 1 aliphatic heterocycles. The molecule has 0 radical (unpaired) electrons. The van der Waals surface area contributed by atoms with Crippen molar-refractivity contribution in [1.29, 1.82) is 0 Å². The second-order valence-electron chi connectivity index (χ2n) is 6.03. The Morgan fingerprint density at radius 1 is 1.22 bits per heavy atom. The summed E-state index contributed by atoms with van der Waals surface area (Å²) in [5, 5.41) is 4.77. The Bertz CT molecular complexity index is 278. The molecular formula is C15H28N2S. The lowest BCUT2D eigenvalue weighted by Crippen LogP contribution is -2.38. The molecule has 1 spiro atoms. The number of hydrogen-bond acceptors (Lipinski definition) is 3. The topological polar surface area (TPSA) is 24.4 Å². The smallest absolute Gasteiger partial charge is 0.156 e. The molecule has 0 unspecified atom stereocenters. The number of rotatable bonds is 4. The van der Waals surface area contributed by atoms with E-state index in [4.69, 9.17) is 4.99 Å². The first-order chi connectivity index (χ1) is 8.78. The van der Waals surface area contributed by atoms with Gasteiger partial charge in [-0.1, -0.05) is 57.7 Å². The number of hydrogen-bond donors (Lipinski definition) is 1. The van der Waals surface area contributed by atoms with Crippen LogP contribution in [0, 0.1) is 11.3 Å². The second kappa shape index (κ2) is 6.83. The van der Waals surface area contributed by atoms with E-state index < -0.39 is 0 Å². The maximum Gasteiger partial charge on any atom is 0.156 e. The zero-order valence-electron chi connectivity index (χ0n) is 12.0. The molecule has 0 aromatic heterocycles. The van der Waals surface area contributed by atoms with E-state index in [0.29, 0.717) is 5.41 Å². The third kappa shape index (κ3) is 3.66. The van der Waals surface area contributed by atoms with Crippen LogP contribution in [0.2, 0.25) is 0 Å². The van der Waals surface area contributed by atoms with Gasteiger partial charge in [0.05, 0.1) is 0 Å². The SMILES string of the molecule is CCC(CC)CNC1=NCC2(CCCCC2)CS1. The second-order valence-corrected chi connectivity index (χ2v) is 7.00. The molecule has 0 saturated heterocycles. The maximum absolute atomic E-state index is 4.82. The summed E-state index contributed by atoms with van der Waals surface area (Å²) in [6, 6.07) is 0. The Hall–Kier alpha value is -0.180. The lowest BCUT2D eigenvalue weighted by Gasteiger charge is -2.38. The summed E-state index contributed by atoms with van der Waals surface area (Å²) in [4.78, 5) is 4.82. The summed E-state index contributed by atoms with van der Waals surface area (Å²) < 4.78 is 0. The van der Waals surface area contributed by atoms with E-state index in [0.717, 1.165) is 19.0 Å². The molecule has 0 aromatic carbocycles. The lowest BCUT2D eigenvalue weighted by atomic mass is 9.75. The van der Waals surface area contributed by atoms with Crippen molar-refractivity contribution in [2.75, 3.05) is 18.8 Å². The van der Waals surface area contributed by atoms with Gasteiger partial charge >= 0.3 is 0 Å². The molecular weight excluding hydrogens is 240 g/mol. The normalized spacial score (nSPS) is 23.2. The van der Waals surface area contributed by atoms with Crippen LogP contribution in [-0.2, 0) is 0 Å². The highest BCUT2D eigenvalue weighted by atomic mass is 32.2. The highest BCUT2D eigenvalue weighted by Crippen LogP contribution is 2.41.